The first-order valence-electron chi connectivity index (χ1n) is 9.46. The second-order valence-corrected chi connectivity index (χ2v) is 6.47. The van der Waals surface area contributed by atoms with Crippen LogP contribution in [0.4, 0.5) is 11.6 Å². The Hall–Kier alpha value is -3.76. The van der Waals surface area contributed by atoms with Crippen LogP contribution in [0.1, 0.15) is 6.42 Å². The summed E-state index contributed by atoms with van der Waals surface area (Å²) in [6.45, 7) is 0.364. The minimum atomic E-state index is -0.458. The molecule has 0 bridgehead atoms. The third-order valence-corrected chi connectivity index (χ3v) is 4.30. The molecule has 32 heavy (non-hydrogen) atoms. The third-order valence-electron chi connectivity index (χ3n) is 4.30. The van der Waals surface area contributed by atoms with Crippen LogP contribution in [0.2, 0.25) is 0 Å². The number of nitro benzene ring substituents is 1. The summed E-state index contributed by atoms with van der Waals surface area (Å²) in [4.78, 5) is 23.8. The van der Waals surface area contributed by atoms with Crippen molar-refractivity contribution in [1.82, 2.24) is 9.97 Å². The molecule has 10 nitrogen and oxygen atoms in total. The molecular formula is C21H23ClN6O4. The number of guanidine groups is 1. The standard InChI is InChI=1S/C21H22N6O4.ClH/c1-31-17-8-6-14(7-9-17)18-13-19(15-4-2-5-16(12-15)27(29)30)25-21(24-18)26-20(22)23-10-3-11-28;/h2,4-9,12-13,28H,3,10-11H2,1H3,(H3,22,23,24,25,26);1H. The summed E-state index contributed by atoms with van der Waals surface area (Å²) in [7, 11) is 1.58. The molecule has 0 amide bonds. The molecule has 0 saturated heterocycles. The monoisotopic (exact) mass is 458 g/mol. The van der Waals surface area contributed by atoms with E-state index in [1.54, 1.807) is 25.3 Å². The molecule has 0 atom stereocenters. The average molecular weight is 459 g/mol. The number of rotatable bonds is 8. The van der Waals surface area contributed by atoms with E-state index in [9.17, 15) is 10.1 Å². The Kier molecular flexibility index (Phi) is 8.87. The Balaban J connectivity index is 0.00000363. The van der Waals surface area contributed by atoms with Gasteiger partial charge in [-0.2, -0.15) is 0 Å². The lowest BCUT2D eigenvalue weighted by Crippen LogP contribution is -2.24. The molecule has 0 aliphatic heterocycles. The number of nitrogens with one attached hydrogen (secondary N) is 1. The number of ether oxygens (including phenoxy) is 1. The van der Waals surface area contributed by atoms with Crippen molar-refractivity contribution in [1.29, 1.82) is 0 Å². The van der Waals surface area contributed by atoms with Crippen LogP contribution in [0, 0.1) is 10.1 Å². The Morgan fingerprint density at radius 1 is 1.16 bits per heavy atom. The van der Waals surface area contributed by atoms with Crippen molar-refractivity contribution in [3.05, 3.63) is 64.7 Å². The Morgan fingerprint density at radius 3 is 2.47 bits per heavy atom. The molecular weight excluding hydrogens is 436 g/mol. The number of non-ortho nitro benzene ring substituents is 1. The topological polar surface area (TPSA) is 149 Å². The van der Waals surface area contributed by atoms with E-state index in [0.29, 0.717) is 35.7 Å². The molecule has 0 spiro atoms. The number of methoxy groups -OCH3 is 1. The number of anilines is 1. The molecule has 0 radical (unpaired) electrons. The van der Waals surface area contributed by atoms with Gasteiger partial charge in [0.15, 0.2) is 5.96 Å². The van der Waals surface area contributed by atoms with Gasteiger partial charge in [-0.3, -0.25) is 20.4 Å². The molecule has 0 aliphatic rings. The van der Waals surface area contributed by atoms with Crippen molar-refractivity contribution in [3.8, 4) is 28.3 Å². The fraction of sp³-hybridized carbons (Fsp3) is 0.190. The van der Waals surface area contributed by atoms with Gasteiger partial charge >= 0.3 is 0 Å². The number of hydrogen-bond acceptors (Lipinski definition) is 7. The number of aliphatic hydroxyl groups is 1. The normalized spacial score (nSPS) is 10.9. The number of aliphatic hydroxyl groups excluding tert-OH is 1. The summed E-state index contributed by atoms with van der Waals surface area (Å²) < 4.78 is 5.20. The Bertz CT molecular complexity index is 1090. The van der Waals surface area contributed by atoms with Crippen molar-refractivity contribution < 1.29 is 14.8 Å². The van der Waals surface area contributed by atoms with Crippen LogP contribution in [0.3, 0.4) is 0 Å². The summed E-state index contributed by atoms with van der Waals surface area (Å²) in [5.74, 6) is 1.00. The number of aromatic nitrogens is 2. The fourth-order valence-corrected chi connectivity index (χ4v) is 2.76. The van der Waals surface area contributed by atoms with E-state index in [1.165, 1.54) is 12.1 Å². The maximum Gasteiger partial charge on any atom is 0.270 e. The van der Waals surface area contributed by atoms with Crippen LogP contribution >= 0.6 is 12.4 Å². The average Bonchev–Trinajstić information content (AvgIpc) is 2.79. The van der Waals surface area contributed by atoms with Crippen molar-refractivity contribution >= 4 is 30.0 Å². The zero-order chi connectivity index (χ0) is 22.2. The number of benzene rings is 2. The molecule has 0 fully saturated rings. The van der Waals surface area contributed by atoms with E-state index in [2.05, 4.69) is 20.3 Å². The molecule has 1 heterocycles. The molecule has 3 aromatic rings. The number of halogens is 1. The fourth-order valence-electron chi connectivity index (χ4n) is 2.76. The highest BCUT2D eigenvalue weighted by atomic mass is 35.5. The third kappa shape index (κ3) is 6.37. The van der Waals surface area contributed by atoms with Gasteiger partial charge in [0.2, 0.25) is 5.95 Å². The highest BCUT2D eigenvalue weighted by Gasteiger charge is 2.13. The number of hydrogen-bond donors (Lipinski definition) is 3. The summed E-state index contributed by atoms with van der Waals surface area (Å²) in [5, 5.41) is 22.9. The molecule has 168 valence electrons. The maximum absolute atomic E-state index is 11.2. The lowest BCUT2D eigenvalue weighted by Gasteiger charge is -2.10. The van der Waals surface area contributed by atoms with Gasteiger partial charge in [0, 0.05) is 36.4 Å². The Labute approximate surface area is 190 Å². The van der Waals surface area contributed by atoms with Gasteiger partial charge in [-0.1, -0.05) is 12.1 Å². The SMILES string of the molecule is COc1ccc(-c2cc(-c3cccc([N+](=O)[O-])c3)nc(NC(N)=NCCCO)n2)cc1.Cl. The van der Waals surface area contributed by atoms with Crippen molar-refractivity contribution in [2.45, 2.75) is 6.42 Å². The summed E-state index contributed by atoms with van der Waals surface area (Å²) in [5.41, 5.74) is 8.29. The van der Waals surface area contributed by atoms with Gasteiger partial charge in [0.05, 0.1) is 23.4 Å². The first kappa shape index (κ1) is 24.5. The number of aliphatic imine (C=N–C) groups is 1. The molecule has 0 saturated carbocycles. The zero-order valence-electron chi connectivity index (χ0n) is 17.3. The van der Waals surface area contributed by atoms with E-state index >= 15 is 0 Å². The minimum absolute atomic E-state index is 0. The van der Waals surface area contributed by atoms with E-state index in [4.69, 9.17) is 15.6 Å². The van der Waals surface area contributed by atoms with Crippen LogP contribution in [0.15, 0.2) is 59.6 Å². The molecule has 1 aromatic heterocycles. The van der Waals surface area contributed by atoms with Crippen LogP contribution in [-0.2, 0) is 0 Å². The number of nitrogens with zero attached hydrogens (tertiary/aromatic N) is 4. The Morgan fingerprint density at radius 2 is 1.84 bits per heavy atom. The van der Waals surface area contributed by atoms with Gasteiger partial charge in [-0.15, -0.1) is 12.4 Å². The largest absolute Gasteiger partial charge is 0.497 e. The van der Waals surface area contributed by atoms with E-state index in [0.717, 1.165) is 5.56 Å². The van der Waals surface area contributed by atoms with E-state index in [-0.39, 0.29) is 36.6 Å². The molecule has 11 heteroatoms. The van der Waals surface area contributed by atoms with E-state index in [1.807, 2.05) is 24.3 Å². The second-order valence-electron chi connectivity index (χ2n) is 6.47. The molecule has 0 unspecified atom stereocenters. The molecule has 0 aliphatic carbocycles. The molecule has 4 N–H and O–H groups in total. The zero-order valence-corrected chi connectivity index (χ0v) is 18.1. The van der Waals surface area contributed by atoms with Crippen molar-refractivity contribution in [2.75, 3.05) is 25.6 Å². The highest BCUT2D eigenvalue weighted by molar-refractivity contribution is 5.91. The summed E-state index contributed by atoms with van der Waals surface area (Å²) >= 11 is 0. The van der Waals surface area contributed by atoms with Crippen molar-refractivity contribution in [3.63, 3.8) is 0 Å². The van der Waals surface area contributed by atoms with Crippen molar-refractivity contribution in [2.24, 2.45) is 10.7 Å². The van der Waals surface area contributed by atoms with Crippen LogP contribution in [0.5, 0.6) is 5.75 Å². The van der Waals surface area contributed by atoms with Gasteiger partial charge in [0.1, 0.15) is 5.75 Å². The maximum atomic E-state index is 11.2. The van der Waals surface area contributed by atoms with Gasteiger partial charge in [0.25, 0.3) is 5.69 Å². The summed E-state index contributed by atoms with van der Waals surface area (Å²) in [6.07, 6.45) is 0.480. The molecule has 2 aromatic carbocycles. The van der Waals surface area contributed by atoms with Gasteiger partial charge in [-0.25, -0.2) is 9.97 Å². The quantitative estimate of drug-likeness (QED) is 0.153. The van der Waals surface area contributed by atoms with Gasteiger partial charge < -0.3 is 15.6 Å². The van der Waals surface area contributed by atoms with Crippen LogP contribution in [0.25, 0.3) is 22.5 Å². The smallest absolute Gasteiger partial charge is 0.270 e. The lowest BCUT2D eigenvalue weighted by atomic mass is 10.1. The minimum Gasteiger partial charge on any atom is -0.497 e. The predicted octanol–water partition coefficient (Wildman–Crippen LogP) is 3.26. The first-order valence-corrected chi connectivity index (χ1v) is 9.46. The predicted molar refractivity (Wildman–Crippen MR) is 125 cm³/mol. The number of nitrogens with two attached hydrogens (primary N) is 1. The highest BCUT2D eigenvalue weighted by Crippen LogP contribution is 2.28. The summed E-state index contributed by atoms with van der Waals surface area (Å²) in [6, 6.07) is 15.2. The van der Waals surface area contributed by atoms with Gasteiger partial charge in [-0.05, 0) is 36.8 Å². The second kappa shape index (κ2) is 11.6. The number of nitro groups is 1. The van der Waals surface area contributed by atoms with Crippen LogP contribution < -0.4 is 15.8 Å². The lowest BCUT2D eigenvalue weighted by molar-refractivity contribution is -0.384. The van der Waals surface area contributed by atoms with E-state index < -0.39 is 4.92 Å². The molecule has 3 rings (SSSR count). The first-order chi connectivity index (χ1) is 15.0. The van der Waals surface area contributed by atoms with Crippen LogP contribution in [-0.4, -0.2) is 46.2 Å².